The van der Waals surface area contributed by atoms with Gasteiger partial charge in [-0.15, -0.1) is 0 Å². The average Bonchev–Trinajstić information content (AvgIpc) is 2.34. The number of hydrogen-bond acceptors (Lipinski definition) is 4. The van der Waals surface area contributed by atoms with E-state index in [1.54, 1.807) is 0 Å². The number of alkyl halides is 12. The van der Waals surface area contributed by atoms with Crippen LogP contribution in [0.4, 0.5) is 52.7 Å². The molecule has 0 atom stereocenters. The number of carbonyl (C=O) groups is 2. The van der Waals surface area contributed by atoms with Crippen molar-refractivity contribution >= 4 is 34.6 Å². The maximum atomic E-state index is 11.3. The summed E-state index contributed by atoms with van der Waals surface area (Å²) in [6.45, 7) is 0. The first-order chi connectivity index (χ1) is 11.1. The molecule has 0 unspecified atom stereocenters. The van der Waals surface area contributed by atoms with Gasteiger partial charge in [0.05, 0.1) is 0 Å². The molecule has 0 spiro atoms. The Hall–Kier alpha value is -1.73. The van der Waals surface area contributed by atoms with Gasteiger partial charge in [0.15, 0.2) is 0 Å². The molecule has 0 aliphatic heterocycles. The van der Waals surface area contributed by atoms with Crippen LogP contribution in [0.15, 0.2) is 23.7 Å². The molecule has 0 aromatic carbocycles. The summed E-state index contributed by atoms with van der Waals surface area (Å²) < 4.78 is 136. The fourth-order valence-corrected chi connectivity index (χ4v) is 0.565. The summed E-state index contributed by atoms with van der Waals surface area (Å²) in [6, 6.07) is 0. The molecular weight excluding hydrogens is 468 g/mol. The molecule has 0 aromatic heterocycles. The van der Waals surface area contributed by atoms with Crippen LogP contribution in [-0.4, -0.2) is 70.3 Å². The number of allylic oxidation sites excluding steroid dienone is 4. The van der Waals surface area contributed by atoms with Gasteiger partial charge >= 0.3 is 47.8 Å². The molecular formula is C10H6F12MgO6. The van der Waals surface area contributed by atoms with Gasteiger partial charge in [-0.25, -0.2) is 0 Å². The molecule has 4 N–H and O–H groups in total. The number of rotatable bonds is 2. The smallest absolute Gasteiger partial charge is 0.869 e. The number of hydrogen-bond donors (Lipinski definition) is 0. The van der Waals surface area contributed by atoms with E-state index in [9.17, 15) is 72.5 Å². The molecule has 0 heterocycles. The van der Waals surface area contributed by atoms with Gasteiger partial charge in [0.1, 0.15) is 0 Å². The Morgan fingerprint density at radius 1 is 0.517 bits per heavy atom. The van der Waals surface area contributed by atoms with Gasteiger partial charge in [-0.2, -0.15) is 52.7 Å². The molecule has 0 aromatic rings. The third kappa shape index (κ3) is 16.9. The third-order valence-electron chi connectivity index (χ3n) is 1.64. The van der Waals surface area contributed by atoms with Crippen molar-refractivity contribution in [3.05, 3.63) is 23.7 Å². The zero-order chi connectivity index (χ0) is 21.7. The summed E-state index contributed by atoms with van der Waals surface area (Å²) in [4.78, 5) is 19.6. The summed E-state index contributed by atoms with van der Waals surface area (Å²) in [5.41, 5.74) is 0. The van der Waals surface area contributed by atoms with Crippen LogP contribution in [0.25, 0.3) is 0 Å². The predicted molar refractivity (Wildman–Crippen MR) is 63.4 cm³/mol. The molecule has 19 heteroatoms. The van der Waals surface area contributed by atoms with Crippen LogP contribution >= 0.6 is 0 Å². The van der Waals surface area contributed by atoms with E-state index in [4.69, 9.17) is 0 Å². The van der Waals surface area contributed by atoms with Crippen molar-refractivity contribution in [1.29, 1.82) is 0 Å². The quantitative estimate of drug-likeness (QED) is 0.237. The minimum atomic E-state index is -5.46. The number of ketones is 2. The van der Waals surface area contributed by atoms with E-state index in [-0.39, 0.29) is 34.0 Å². The van der Waals surface area contributed by atoms with Gasteiger partial charge in [-0.1, -0.05) is 0 Å². The molecule has 0 saturated heterocycles. The largest absolute Gasteiger partial charge is 2.00 e. The van der Waals surface area contributed by atoms with Crippen LogP contribution in [0.1, 0.15) is 0 Å². The van der Waals surface area contributed by atoms with Gasteiger partial charge in [-0.05, 0) is 23.7 Å². The van der Waals surface area contributed by atoms with Crippen LogP contribution in [-0.2, 0) is 9.59 Å². The van der Waals surface area contributed by atoms with Crippen molar-refractivity contribution < 1.29 is 83.4 Å². The molecule has 0 amide bonds. The van der Waals surface area contributed by atoms with Crippen molar-refractivity contribution in [1.82, 2.24) is 0 Å². The van der Waals surface area contributed by atoms with Crippen LogP contribution < -0.4 is 10.2 Å². The maximum absolute atomic E-state index is 11.3. The third-order valence-corrected chi connectivity index (χ3v) is 1.64. The summed E-state index contributed by atoms with van der Waals surface area (Å²) in [7, 11) is 0. The van der Waals surface area contributed by atoms with E-state index in [0.29, 0.717) is 0 Å². The average molecular weight is 474 g/mol. The zero-order valence-corrected chi connectivity index (χ0v) is 14.4. The predicted octanol–water partition coefficient (Wildman–Crippen LogP) is -0.182. The number of carbonyl (C=O) groups excluding carboxylic acids is 2. The van der Waals surface area contributed by atoms with Crippen molar-refractivity contribution in [3.8, 4) is 0 Å². The topological polar surface area (TPSA) is 143 Å². The fraction of sp³-hybridized carbons (Fsp3) is 0.400. The van der Waals surface area contributed by atoms with Gasteiger partial charge < -0.3 is 21.2 Å². The molecule has 0 fully saturated rings. The Balaban J connectivity index is -0.000000120. The molecule has 0 rings (SSSR count). The molecule has 0 aliphatic carbocycles. The van der Waals surface area contributed by atoms with Gasteiger partial charge in [0, 0.05) is 0 Å². The Bertz CT molecular complexity index is 532. The van der Waals surface area contributed by atoms with Gasteiger partial charge in [0.2, 0.25) is 0 Å². The summed E-state index contributed by atoms with van der Waals surface area (Å²) >= 11 is 0. The minimum absolute atomic E-state index is 0. The van der Waals surface area contributed by atoms with Crippen LogP contribution in [0.3, 0.4) is 0 Å². The van der Waals surface area contributed by atoms with Crippen molar-refractivity contribution in [2.75, 3.05) is 0 Å². The molecule has 0 saturated carbocycles. The van der Waals surface area contributed by atoms with E-state index < -0.39 is 59.9 Å². The fourth-order valence-electron chi connectivity index (χ4n) is 0.565. The van der Waals surface area contributed by atoms with Crippen LogP contribution in [0.2, 0.25) is 0 Å². The first kappa shape index (κ1) is 37.9. The van der Waals surface area contributed by atoms with E-state index in [1.165, 1.54) is 0 Å². The minimum Gasteiger partial charge on any atom is -0.869 e. The summed E-state index contributed by atoms with van der Waals surface area (Å²) in [5, 5.41) is 19.6. The van der Waals surface area contributed by atoms with Crippen molar-refractivity contribution in [3.63, 3.8) is 0 Å². The maximum Gasteiger partial charge on any atom is 2.00 e. The monoisotopic (exact) mass is 474 g/mol. The Kier molecular flexibility index (Phi) is 16.7. The van der Waals surface area contributed by atoms with Crippen molar-refractivity contribution in [2.24, 2.45) is 0 Å². The molecule has 168 valence electrons. The Morgan fingerprint density at radius 2 is 0.690 bits per heavy atom. The van der Waals surface area contributed by atoms with E-state index in [1.807, 2.05) is 0 Å². The Morgan fingerprint density at radius 3 is 0.793 bits per heavy atom. The van der Waals surface area contributed by atoms with Gasteiger partial charge in [-0.3, -0.25) is 9.59 Å². The van der Waals surface area contributed by atoms with E-state index in [2.05, 4.69) is 0 Å². The van der Waals surface area contributed by atoms with E-state index >= 15 is 0 Å². The van der Waals surface area contributed by atoms with Crippen LogP contribution in [0.5, 0.6) is 0 Å². The molecule has 0 bridgehead atoms. The van der Waals surface area contributed by atoms with E-state index in [0.717, 1.165) is 0 Å². The normalized spacial score (nSPS) is 13.0. The Labute approximate surface area is 167 Å². The van der Waals surface area contributed by atoms with Gasteiger partial charge in [0.25, 0.3) is 11.6 Å². The van der Waals surface area contributed by atoms with Crippen LogP contribution in [0, 0.1) is 0 Å². The molecule has 29 heavy (non-hydrogen) atoms. The molecule has 6 nitrogen and oxygen atoms in total. The zero-order valence-electron chi connectivity index (χ0n) is 13.0. The molecule has 0 aliphatic rings. The first-order valence-corrected chi connectivity index (χ1v) is 5.24. The number of halogens is 12. The summed E-state index contributed by atoms with van der Waals surface area (Å²) in [6.07, 6.45) is -23.9. The summed E-state index contributed by atoms with van der Waals surface area (Å²) in [5.74, 6) is -11.3. The first-order valence-electron chi connectivity index (χ1n) is 5.24. The molecule has 0 radical (unpaired) electrons. The van der Waals surface area contributed by atoms with Crippen molar-refractivity contribution in [2.45, 2.75) is 24.7 Å². The second-order valence-electron chi connectivity index (χ2n) is 3.74. The SMILES string of the molecule is O.O.O=C(/C=C(/[O-])C(F)(F)F)C(F)(F)F.O=C(/C=C(/[O-])C(F)(F)F)C(F)(F)F.[Mg+2]. The second kappa shape index (κ2) is 12.7. The second-order valence-corrected chi connectivity index (χ2v) is 3.74. The standard InChI is InChI=1S/2C5H2F6O2.Mg.2H2O/c2*6-4(7,8)2(12)1-3(13)5(9,10)11;;;/h2*1,12H;;2*1H2/q;;+2;;/p-2/b2*2-1+;;;.